The lowest BCUT2D eigenvalue weighted by atomic mass is 10.0. The molecule has 142 valence electrons. The lowest BCUT2D eigenvalue weighted by molar-refractivity contribution is -1.04. The molecule has 1 saturated heterocycles. The first-order valence-electron chi connectivity index (χ1n) is 10.5. The molecule has 2 N–H and O–H groups in total. The molecule has 3 rings (SSSR count). The van der Waals surface area contributed by atoms with Crippen molar-refractivity contribution in [1.82, 2.24) is 20.2 Å². The van der Waals surface area contributed by atoms with E-state index in [0.29, 0.717) is 6.04 Å². The smallest absolute Gasteiger partial charge is 0.209 e. The van der Waals surface area contributed by atoms with Gasteiger partial charge >= 0.3 is 0 Å². The van der Waals surface area contributed by atoms with Gasteiger partial charge in [0.1, 0.15) is 32.2 Å². The van der Waals surface area contributed by atoms with Crippen LogP contribution in [0, 0.1) is 0 Å². The van der Waals surface area contributed by atoms with Gasteiger partial charge in [0.25, 0.3) is 0 Å². The third-order valence-corrected chi connectivity index (χ3v) is 6.78. The molecule has 1 aromatic heterocycles. The molecule has 1 saturated carbocycles. The van der Waals surface area contributed by atoms with Crippen molar-refractivity contribution >= 4 is 0 Å². The van der Waals surface area contributed by atoms with Gasteiger partial charge < -0.3 is 9.80 Å². The predicted octanol–water partition coefficient (Wildman–Crippen LogP) is 0.385. The maximum atomic E-state index is 4.50. The van der Waals surface area contributed by atoms with Gasteiger partial charge in [0.05, 0.1) is 11.6 Å². The minimum absolute atomic E-state index is 0.0127. The number of quaternary nitrogens is 2. The van der Waals surface area contributed by atoms with Crippen molar-refractivity contribution in [2.45, 2.75) is 90.3 Å². The van der Waals surface area contributed by atoms with Crippen molar-refractivity contribution in [3.63, 3.8) is 0 Å². The average molecular weight is 351 g/mol. The molecule has 0 bridgehead atoms. The Labute approximate surface area is 152 Å². The molecule has 2 fully saturated rings. The van der Waals surface area contributed by atoms with Crippen LogP contribution in [0.5, 0.6) is 0 Å². The summed E-state index contributed by atoms with van der Waals surface area (Å²) in [4.78, 5) is 3.57. The summed E-state index contributed by atoms with van der Waals surface area (Å²) in [6.45, 7) is 14.1. The molecular formula is C19H38N6+2. The van der Waals surface area contributed by atoms with Crippen LogP contribution in [0.25, 0.3) is 0 Å². The first-order chi connectivity index (χ1) is 12.1. The van der Waals surface area contributed by atoms with Gasteiger partial charge in [-0.25, -0.2) is 4.68 Å². The molecule has 0 unspecified atom stereocenters. The number of aromatic nitrogens is 4. The lowest BCUT2D eigenvalue weighted by Crippen LogP contribution is -3.29. The number of hydrogen-bond donors (Lipinski definition) is 2. The highest BCUT2D eigenvalue weighted by atomic mass is 15.6. The second-order valence-electron chi connectivity index (χ2n) is 8.75. The second-order valence-corrected chi connectivity index (χ2v) is 8.75. The van der Waals surface area contributed by atoms with Crippen molar-refractivity contribution in [2.75, 3.05) is 26.2 Å². The van der Waals surface area contributed by atoms with Crippen LogP contribution in [0.3, 0.4) is 0 Å². The van der Waals surface area contributed by atoms with Gasteiger partial charge in [-0.05, 0) is 56.4 Å². The largest absolute Gasteiger partial charge is 0.323 e. The molecule has 2 heterocycles. The normalized spacial score (nSPS) is 26.9. The molecule has 1 aromatic rings. The van der Waals surface area contributed by atoms with Crippen molar-refractivity contribution < 1.29 is 9.80 Å². The Hall–Kier alpha value is -1.01. The van der Waals surface area contributed by atoms with Crippen molar-refractivity contribution in [2.24, 2.45) is 0 Å². The van der Waals surface area contributed by atoms with E-state index in [1.54, 1.807) is 4.90 Å². The quantitative estimate of drug-likeness (QED) is 0.748. The van der Waals surface area contributed by atoms with Gasteiger partial charge in [0.2, 0.25) is 5.82 Å². The van der Waals surface area contributed by atoms with Crippen molar-refractivity contribution in [3.8, 4) is 0 Å². The molecule has 1 atom stereocenters. The molecule has 0 aromatic carbocycles. The highest BCUT2D eigenvalue weighted by Crippen LogP contribution is 2.23. The lowest BCUT2D eigenvalue weighted by Gasteiger charge is -2.37. The molecular weight excluding hydrogens is 312 g/mol. The Morgan fingerprint density at radius 2 is 1.80 bits per heavy atom. The number of nitrogens with zero attached hydrogens (tertiary/aromatic N) is 4. The van der Waals surface area contributed by atoms with E-state index in [-0.39, 0.29) is 5.54 Å². The van der Waals surface area contributed by atoms with E-state index in [1.807, 2.05) is 4.90 Å². The maximum Gasteiger partial charge on any atom is 0.209 e. The summed E-state index contributed by atoms with van der Waals surface area (Å²) in [7, 11) is 0. The fraction of sp³-hybridized carbons (Fsp3) is 0.947. The average Bonchev–Trinajstić information content (AvgIpc) is 3.32. The molecule has 0 spiro atoms. The zero-order valence-corrected chi connectivity index (χ0v) is 16.7. The second kappa shape index (κ2) is 8.12. The third kappa shape index (κ3) is 4.05. The summed E-state index contributed by atoms with van der Waals surface area (Å²) in [6.07, 6.45) is 9.20. The van der Waals surface area contributed by atoms with Crippen LogP contribution in [-0.2, 0) is 5.54 Å². The van der Waals surface area contributed by atoms with E-state index >= 15 is 0 Å². The Morgan fingerprint density at radius 3 is 2.40 bits per heavy atom. The summed E-state index contributed by atoms with van der Waals surface area (Å²) in [5.74, 6) is 1.10. The summed E-state index contributed by atoms with van der Waals surface area (Å²) >= 11 is 0. The number of piperazine rings is 1. The van der Waals surface area contributed by atoms with E-state index in [4.69, 9.17) is 0 Å². The molecule has 0 amide bonds. The van der Waals surface area contributed by atoms with Crippen LogP contribution in [0.15, 0.2) is 0 Å². The van der Waals surface area contributed by atoms with Gasteiger partial charge in [-0.1, -0.05) is 20.3 Å². The first-order valence-corrected chi connectivity index (χ1v) is 10.5. The zero-order valence-electron chi connectivity index (χ0n) is 16.7. The highest BCUT2D eigenvalue weighted by molar-refractivity contribution is 4.93. The Balaban J connectivity index is 1.71. The number of hydrogen-bond acceptors (Lipinski definition) is 3. The minimum Gasteiger partial charge on any atom is -0.323 e. The van der Waals surface area contributed by atoms with E-state index in [2.05, 4.69) is 47.9 Å². The van der Waals surface area contributed by atoms with Crippen LogP contribution in [0.2, 0.25) is 0 Å². The molecule has 6 nitrogen and oxygen atoms in total. The molecule has 6 heteroatoms. The van der Waals surface area contributed by atoms with E-state index in [9.17, 15) is 0 Å². The summed E-state index contributed by atoms with van der Waals surface area (Å²) in [5, 5.41) is 12.9. The third-order valence-electron chi connectivity index (χ3n) is 6.78. The van der Waals surface area contributed by atoms with Gasteiger partial charge in [-0.2, -0.15) is 0 Å². The fourth-order valence-electron chi connectivity index (χ4n) is 4.78. The van der Waals surface area contributed by atoms with Crippen LogP contribution in [0.1, 0.15) is 84.5 Å². The fourth-order valence-corrected chi connectivity index (χ4v) is 4.78. The monoisotopic (exact) mass is 350 g/mol. The van der Waals surface area contributed by atoms with Crippen LogP contribution in [-0.4, -0.2) is 52.4 Å². The van der Waals surface area contributed by atoms with Crippen LogP contribution < -0.4 is 9.80 Å². The number of rotatable bonds is 7. The molecule has 25 heavy (non-hydrogen) atoms. The zero-order chi connectivity index (χ0) is 17.9. The minimum atomic E-state index is -0.0127. The van der Waals surface area contributed by atoms with E-state index < -0.39 is 0 Å². The summed E-state index contributed by atoms with van der Waals surface area (Å²) in [5.41, 5.74) is -0.0127. The number of nitrogens with one attached hydrogen (secondary N) is 2. The molecule has 0 radical (unpaired) electrons. The standard InChI is InChI=1S/C19H36N6/c1-5-9-17(18-20-21-22-25(18)19(3,4)6-2)24-14-12-23(13-15-24)16-10-7-8-11-16/h16-17H,5-15H2,1-4H3/p+2/t17-/m1/s1. The Morgan fingerprint density at radius 1 is 1.12 bits per heavy atom. The Bertz CT molecular complexity index is 526. The molecule has 2 aliphatic rings. The van der Waals surface area contributed by atoms with Crippen LogP contribution in [0.4, 0.5) is 0 Å². The number of tetrazole rings is 1. The predicted molar refractivity (Wildman–Crippen MR) is 98.7 cm³/mol. The van der Waals surface area contributed by atoms with E-state index in [0.717, 1.165) is 18.3 Å². The first kappa shape index (κ1) is 18.8. The van der Waals surface area contributed by atoms with E-state index in [1.165, 1.54) is 64.7 Å². The Kier molecular flexibility index (Phi) is 6.10. The van der Waals surface area contributed by atoms with Crippen molar-refractivity contribution in [1.29, 1.82) is 0 Å². The van der Waals surface area contributed by atoms with Gasteiger partial charge in [-0.15, -0.1) is 5.10 Å². The molecule has 1 aliphatic heterocycles. The van der Waals surface area contributed by atoms with Gasteiger partial charge in [-0.3, -0.25) is 0 Å². The highest BCUT2D eigenvalue weighted by Gasteiger charge is 2.38. The summed E-state index contributed by atoms with van der Waals surface area (Å²) < 4.78 is 2.11. The molecule has 1 aliphatic carbocycles. The topological polar surface area (TPSA) is 52.5 Å². The van der Waals surface area contributed by atoms with Crippen molar-refractivity contribution in [3.05, 3.63) is 5.82 Å². The maximum absolute atomic E-state index is 4.50. The summed E-state index contributed by atoms with van der Waals surface area (Å²) in [6, 6.07) is 1.38. The van der Waals surface area contributed by atoms with Gasteiger partial charge in [0, 0.05) is 6.42 Å². The van der Waals surface area contributed by atoms with Gasteiger partial charge in [0.15, 0.2) is 0 Å². The van der Waals surface area contributed by atoms with Crippen LogP contribution >= 0.6 is 0 Å². The SMILES string of the molecule is CCC[C@H](c1nnnn1C(C)(C)CC)[NH+]1CC[NH+](C2CCCC2)CC1.